The van der Waals surface area contributed by atoms with Gasteiger partial charge in [0.1, 0.15) is 11.9 Å². The number of anilines is 1. The average Bonchev–Trinajstić information content (AvgIpc) is 3.43. The highest BCUT2D eigenvalue weighted by atomic mass is 16.5. The van der Waals surface area contributed by atoms with Crippen molar-refractivity contribution in [2.75, 3.05) is 12.1 Å². The van der Waals surface area contributed by atoms with Gasteiger partial charge in [-0.1, -0.05) is 25.0 Å². The highest BCUT2D eigenvalue weighted by Crippen LogP contribution is 2.37. The number of methoxy groups -OCH3 is 1. The number of pyridine rings is 1. The third-order valence-corrected chi connectivity index (χ3v) is 5.95. The Balaban J connectivity index is 1.67. The van der Waals surface area contributed by atoms with Crippen molar-refractivity contribution >= 4 is 17.5 Å². The molecule has 1 aromatic carbocycles. The van der Waals surface area contributed by atoms with Gasteiger partial charge in [0.2, 0.25) is 0 Å². The van der Waals surface area contributed by atoms with Crippen molar-refractivity contribution in [3.05, 3.63) is 58.8 Å². The molecular formula is C23H24N4O2. The lowest BCUT2D eigenvalue weighted by atomic mass is 9.92. The quantitative estimate of drug-likeness (QED) is 0.733. The monoisotopic (exact) mass is 388 g/mol. The molecule has 0 spiro atoms. The van der Waals surface area contributed by atoms with Gasteiger partial charge in [0.05, 0.1) is 35.7 Å². The second-order valence-corrected chi connectivity index (χ2v) is 7.69. The van der Waals surface area contributed by atoms with E-state index in [0.29, 0.717) is 17.0 Å². The summed E-state index contributed by atoms with van der Waals surface area (Å²) in [7, 11) is 1.38. The van der Waals surface area contributed by atoms with Crippen LogP contribution in [0.4, 0.5) is 5.82 Å². The molecule has 0 bridgehead atoms. The van der Waals surface area contributed by atoms with E-state index in [1.807, 2.05) is 36.2 Å². The number of benzene rings is 1. The molecule has 29 heavy (non-hydrogen) atoms. The summed E-state index contributed by atoms with van der Waals surface area (Å²) in [4.78, 5) is 16.4. The van der Waals surface area contributed by atoms with Crippen LogP contribution in [0.25, 0.3) is 0 Å². The minimum absolute atomic E-state index is 0.271. The fraction of sp³-hybridized carbons (Fsp3) is 0.391. The molecular weight excluding hydrogens is 364 g/mol. The molecule has 0 unspecified atom stereocenters. The Labute approximate surface area is 170 Å². The first-order valence-corrected chi connectivity index (χ1v) is 10.0. The molecule has 1 saturated carbocycles. The number of hydrogen-bond acceptors (Lipinski definition) is 6. The van der Waals surface area contributed by atoms with Gasteiger partial charge >= 0.3 is 5.97 Å². The van der Waals surface area contributed by atoms with Gasteiger partial charge in [0.15, 0.2) is 0 Å². The zero-order chi connectivity index (χ0) is 20.4. The molecule has 148 valence electrons. The molecule has 6 nitrogen and oxygen atoms in total. The van der Waals surface area contributed by atoms with E-state index in [2.05, 4.69) is 11.1 Å². The largest absolute Gasteiger partial charge is 0.465 e. The number of nitriles is 1. The summed E-state index contributed by atoms with van der Waals surface area (Å²) >= 11 is 0. The van der Waals surface area contributed by atoms with Crippen LogP contribution in [0, 0.1) is 24.2 Å². The van der Waals surface area contributed by atoms with Crippen molar-refractivity contribution in [2.24, 2.45) is 11.0 Å². The number of aryl methyl sites for hydroxylation is 1. The Kier molecular flexibility index (Phi) is 5.30. The Morgan fingerprint density at radius 3 is 2.52 bits per heavy atom. The number of ether oxygens (including phenoxy) is 1. The minimum atomic E-state index is -0.340. The van der Waals surface area contributed by atoms with Gasteiger partial charge in [-0.2, -0.15) is 10.4 Å². The number of rotatable bonds is 4. The molecule has 4 rings (SSSR count). The van der Waals surface area contributed by atoms with E-state index in [-0.39, 0.29) is 12.0 Å². The Hall–Kier alpha value is -3.20. The van der Waals surface area contributed by atoms with E-state index in [0.717, 1.165) is 29.2 Å². The van der Waals surface area contributed by atoms with Crippen LogP contribution in [0.15, 0.2) is 41.5 Å². The maximum atomic E-state index is 11.7. The van der Waals surface area contributed by atoms with Crippen LogP contribution in [0.3, 0.4) is 0 Å². The van der Waals surface area contributed by atoms with Crippen molar-refractivity contribution in [1.82, 2.24) is 4.98 Å². The molecule has 2 aliphatic rings. The Morgan fingerprint density at radius 1 is 1.17 bits per heavy atom. The van der Waals surface area contributed by atoms with Crippen LogP contribution in [0.1, 0.15) is 59.3 Å². The molecule has 2 heterocycles. The summed E-state index contributed by atoms with van der Waals surface area (Å²) in [5.41, 5.74) is 3.85. The van der Waals surface area contributed by atoms with Crippen LogP contribution in [0.5, 0.6) is 0 Å². The van der Waals surface area contributed by atoms with Gasteiger partial charge in [-0.15, -0.1) is 0 Å². The lowest BCUT2D eigenvalue weighted by molar-refractivity contribution is 0.0600. The van der Waals surface area contributed by atoms with E-state index in [9.17, 15) is 10.1 Å². The predicted octanol–water partition coefficient (Wildman–Crippen LogP) is 4.22. The third kappa shape index (κ3) is 3.73. The smallest absolute Gasteiger partial charge is 0.337 e. The first kappa shape index (κ1) is 19.1. The summed E-state index contributed by atoms with van der Waals surface area (Å²) in [5, 5.41) is 16.2. The lowest BCUT2D eigenvalue weighted by Gasteiger charge is -2.27. The van der Waals surface area contributed by atoms with Gasteiger partial charge in [-0.05, 0) is 55.5 Å². The highest BCUT2D eigenvalue weighted by Gasteiger charge is 2.36. The van der Waals surface area contributed by atoms with Crippen LogP contribution >= 0.6 is 0 Å². The summed E-state index contributed by atoms with van der Waals surface area (Å²) in [5.74, 6) is 1.04. The summed E-state index contributed by atoms with van der Waals surface area (Å²) in [6.45, 7) is 1.86. The molecule has 1 aliphatic carbocycles. The van der Waals surface area contributed by atoms with Gasteiger partial charge in [-0.25, -0.2) is 14.8 Å². The SMILES string of the molecule is COC(=O)c1ccc(C2=NN(c3ccc(C#N)c(C)n3)[C@@H](C3CCCC3)C2)cc1. The van der Waals surface area contributed by atoms with Crippen molar-refractivity contribution in [1.29, 1.82) is 5.26 Å². The molecule has 6 heteroatoms. The molecule has 0 amide bonds. The molecule has 1 aliphatic heterocycles. The van der Waals surface area contributed by atoms with Crippen LogP contribution < -0.4 is 5.01 Å². The van der Waals surface area contributed by atoms with Crippen LogP contribution in [-0.2, 0) is 4.74 Å². The van der Waals surface area contributed by atoms with E-state index >= 15 is 0 Å². The number of nitrogens with zero attached hydrogens (tertiary/aromatic N) is 4. The van der Waals surface area contributed by atoms with E-state index in [4.69, 9.17) is 9.84 Å². The molecule has 0 N–H and O–H groups in total. The maximum Gasteiger partial charge on any atom is 0.337 e. The number of hydrazone groups is 1. The van der Waals surface area contributed by atoms with Gasteiger partial charge in [0.25, 0.3) is 0 Å². The average molecular weight is 388 g/mol. The Bertz CT molecular complexity index is 985. The number of esters is 1. The zero-order valence-corrected chi connectivity index (χ0v) is 16.8. The molecule has 1 fully saturated rings. The van der Waals surface area contributed by atoms with Crippen molar-refractivity contribution in [2.45, 2.75) is 45.1 Å². The zero-order valence-electron chi connectivity index (χ0n) is 16.8. The maximum absolute atomic E-state index is 11.7. The number of hydrogen-bond donors (Lipinski definition) is 0. The lowest BCUT2D eigenvalue weighted by Crippen LogP contribution is -2.33. The van der Waals surface area contributed by atoms with Crippen molar-refractivity contribution < 1.29 is 9.53 Å². The molecule has 1 atom stereocenters. The first-order chi connectivity index (χ1) is 14.1. The predicted molar refractivity (Wildman–Crippen MR) is 111 cm³/mol. The standard InChI is InChI=1S/C23H24N4O2/c1-15-19(14-24)11-12-22(25-15)27-21(17-5-3-4-6-17)13-20(26-27)16-7-9-18(10-8-16)23(28)29-2/h7-12,17,21H,3-6,13H2,1-2H3/t21-/m1/s1. The van der Waals surface area contributed by atoms with Gasteiger partial charge in [0, 0.05) is 6.42 Å². The summed E-state index contributed by atoms with van der Waals surface area (Å²) in [6, 6.07) is 13.6. The summed E-state index contributed by atoms with van der Waals surface area (Å²) in [6.07, 6.45) is 5.79. The molecule has 1 aromatic heterocycles. The topological polar surface area (TPSA) is 78.6 Å². The fourth-order valence-corrected chi connectivity index (χ4v) is 4.34. The second-order valence-electron chi connectivity index (χ2n) is 7.69. The van der Waals surface area contributed by atoms with Gasteiger partial charge in [-0.3, -0.25) is 0 Å². The molecule has 0 radical (unpaired) electrons. The number of aromatic nitrogens is 1. The second kappa shape index (κ2) is 8.04. The normalized spacial score (nSPS) is 19.1. The number of carbonyl (C=O) groups is 1. The molecule has 2 aromatic rings. The first-order valence-electron chi connectivity index (χ1n) is 10.0. The van der Waals surface area contributed by atoms with E-state index in [1.54, 1.807) is 12.1 Å². The fourth-order valence-electron chi connectivity index (χ4n) is 4.34. The van der Waals surface area contributed by atoms with E-state index < -0.39 is 0 Å². The van der Waals surface area contributed by atoms with Gasteiger partial charge < -0.3 is 4.74 Å². The van der Waals surface area contributed by atoms with Crippen LogP contribution in [-0.4, -0.2) is 29.8 Å². The van der Waals surface area contributed by atoms with E-state index in [1.165, 1.54) is 32.8 Å². The highest BCUT2D eigenvalue weighted by molar-refractivity contribution is 6.03. The van der Waals surface area contributed by atoms with Crippen molar-refractivity contribution in [3.63, 3.8) is 0 Å². The minimum Gasteiger partial charge on any atom is -0.465 e. The Morgan fingerprint density at radius 2 is 1.90 bits per heavy atom. The third-order valence-electron chi connectivity index (χ3n) is 5.95. The van der Waals surface area contributed by atoms with Crippen molar-refractivity contribution in [3.8, 4) is 6.07 Å². The molecule has 0 saturated heterocycles. The number of carbonyl (C=O) groups excluding carboxylic acids is 1. The summed E-state index contributed by atoms with van der Waals surface area (Å²) < 4.78 is 4.78. The van der Waals surface area contributed by atoms with Crippen LogP contribution in [0.2, 0.25) is 0 Å².